The van der Waals surface area contributed by atoms with Gasteiger partial charge in [-0.15, -0.1) is 6.58 Å². The molecule has 0 nitrogen and oxygen atoms in total. The van der Waals surface area contributed by atoms with Crippen LogP contribution in [-0.4, -0.2) is 5.33 Å². The Labute approximate surface area is 51.2 Å². The van der Waals surface area contributed by atoms with Crippen LogP contribution in [0.25, 0.3) is 0 Å². The van der Waals surface area contributed by atoms with Crippen LogP contribution in [0.15, 0.2) is 12.7 Å². The van der Waals surface area contributed by atoms with Crippen LogP contribution >= 0.6 is 15.9 Å². The predicted octanol–water partition coefficient (Wildman–Crippen LogP) is -1.43. The fourth-order valence-electron chi connectivity index (χ4n) is 0. The van der Waals surface area contributed by atoms with Gasteiger partial charge in [0.1, 0.15) is 0 Å². The summed E-state index contributed by atoms with van der Waals surface area (Å²) in [7, 11) is 0. The lowest BCUT2D eigenvalue weighted by Crippen LogP contribution is -3.00. The van der Waals surface area contributed by atoms with Crippen LogP contribution in [0.2, 0.25) is 0 Å². The number of hydrogen-bond donors (Lipinski definition) is 0. The SMILES string of the molecule is C=CCBr.[Br-]. The number of rotatable bonds is 1. The summed E-state index contributed by atoms with van der Waals surface area (Å²) in [5.74, 6) is 0. The first-order chi connectivity index (χ1) is 1.91. The number of hydrogen-bond acceptors (Lipinski definition) is 0. The van der Waals surface area contributed by atoms with Crippen molar-refractivity contribution in [3.63, 3.8) is 0 Å². The van der Waals surface area contributed by atoms with E-state index in [1.54, 1.807) is 6.08 Å². The van der Waals surface area contributed by atoms with E-state index in [4.69, 9.17) is 0 Å². The molecule has 0 aliphatic carbocycles. The molecule has 32 valence electrons. The summed E-state index contributed by atoms with van der Waals surface area (Å²) in [5.41, 5.74) is 0. The van der Waals surface area contributed by atoms with E-state index >= 15 is 0 Å². The number of allylic oxidation sites excluding steroid dienone is 1. The Bertz CT molecular complexity index is 18.9. The van der Waals surface area contributed by atoms with Crippen LogP contribution in [0.5, 0.6) is 0 Å². The van der Waals surface area contributed by atoms with Crippen molar-refractivity contribution >= 4 is 15.9 Å². The lowest BCUT2D eigenvalue weighted by molar-refractivity contribution is -0.000000767. The van der Waals surface area contributed by atoms with Crippen molar-refractivity contribution in [3.05, 3.63) is 12.7 Å². The largest absolute Gasteiger partial charge is 1.00 e. The summed E-state index contributed by atoms with van der Waals surface area (Å²) >= 11 is 3.13. The molecule has 0 unspecified atom stereocenters. The molecule has 0 fully saturated rings. The van der Waals surface area contributed by atoms with Crippen LogP contribution in [0.4, 0.5) is 0 Å². The molecule has 5 heavy (non-hydrogen) atoms. The summed E-state index contributed by atoms with van der Waals surface area (Å²) < 4.78 is 0. The van der Waals surface area contributed by atoms with Crippen LogP contribution in [-0.2, 0) is 0 Å². The van der Waals surface area contributed by atoms with Crippen LogP contribution < -0.4 is 17.0 Å². The minimum absolute atomic E-state index is 0. The molecule has 2 heteroatoms. The lowest BCUT2D eigenvalue weighted by Gasteiger charge is -1.55. The van der Waals surface area contributed by atoms with Gasteiger partial charge in [-0.1, -0.05) is 22.0 Å². The second-order valence-corrected chi connectivity index (χ2v) is 1.09. The molecule has 0 aromatic heterocycles. The Kier molecular flexibility index (Phi) is 16.2. The molecular weight excluding hydrogens is 196 g/mol. The van der Waals surface area contributed by atoms with Gasteiger partial charge in [-0.3, -0.25) is 0 Å². The molecule has 0 saturated carbocycles. The molecule has 0 aromatic rings. The summed E-state index contributed by atoms with van der Waals surface area (Å²) in [5, 5.41) is 0.896. The maximum Gasteiger partial charge on any atom is 0.0209 e. The molecule has 0 aliphatic rings. The van der Waals surface area contributed by atoms with E-state index in [2.05, 4.69) is 22.5 Å². The first-order valence-corrected chi connectivity index (χ1v) is 2.21. The monoisotopic (exact) mass is 199 g/mol. The lowest BCUT2D eigenvalue weighted by atomic mass is 10.8. The third kappa shape index (κ3) is 11.9. The average molecular weight is 201 g/mol. The molecule has 0 spiro atoms. The van der Waals surface area contributed by atoms with Crippen molar-refractivity contribution in [1.29, 1.82) is 0 Å². The van der Waals surface area contributed by atoms with Gasteiger partial charge in [0.15, 0.2) is 0 Å². The maximum absolute atomic E-state index is 3.43. The van der Waals surface area contributed by atoms with E-state index in [-0.39, 0.29) is 17.0 Å². The summed E-state index contributed by atoms with van der Waals surface area (Å²) in [6.45, 7) is 3.43. The highest BCUT2D eigenvalue weighted by Crippen LogP contribution is 1.73. The Morgan fingerprint density at radius 1 is 1.80 bits per heavy atom. The topological polar surface area (TPSA) is 0 Å². The maximum atomic E-state index is 3.43. The van der Waals surface area contributed by atoms with Crippen molar-refractivity contribution in [1.82, 2.24) is 0 Å². The summed E-state index contributed by atoms with van der Waals surface area (Å²) in [6.07, 6.45) is 1.79. The fourth-order valence-corrected chi connectivity index (χ4v) is 0. The van der Waals surface area contributed by atoms with Gasteiger partial charge in [0.25, 0.3) is 0 Å². The highest BCUT2D eigenvalue weighted by atomic mass is 79.9. The average Bonchev–Trinajstić information content (AvgIpc) is 1.37. The zero-order valence-corrected chi connectivity index (χ0v) is 5.92. The van der Waals surface area contributed by atoms with Gasteiger partial charge >= 0.3 is 0 Å². The molecule has 0 atom stereocenters. The first-order valence-electron chi connectivity index (χ1n) is 1.08. The van der Waals surface area contributed by atoms with E-state index in [1.165, 1.54) is 0 Å². The number of alkyl halides is 1. The van der Waals surface area contributed by atoms with E-state index in [0.717, 1.165) is 5.33 Å². The molecule has 0 saturated heterocycles. The minimum Gasteiger partial charge on any atom is -1.00 e. The second-order valence-electron chi connectivity index (χ2n) is 0.443. The van der Waals surface area contributed by atoms with Crippen molar-refractivity contribution < 1.29 is 17.0 Å². The van der Waals surface area contributed by atoms with Gasteiger partial charge in [-0.25, -0.2) is 0 Å². The van der Waals surface area contributed by atoms with E-state index in [9.17, 15) is 0 Å². The molecule has 0 aliphatic heterocycles. The third-order valence-electron chi connectivity index (χ3n) is 0.109. The number of halogens is 2. The van der Waals surface area contributed by atoms with Gasteiger partial charge in [0.05, 0.1) is 0 Å². The van der Waals surface area contributed by atoms with E-state index in [1.807, 2.05) is 0 Å². The molecule has 0 aromatic carbocycles. The smallest absolute Gasteiger partial charge is 0.0209 e. The van der Waals surface area contributed by atoms with Crippen LogP contribution in [0.1, 0.15) is 0 Å². The summed E-state index contributed by atoms with van der Waals surface area (Å²) in [6, 6.07) is 0. The van der Waals surface area contributed by atoms with Gasteiger partial charge in [-0.2, -0.15) is 0 Å². The van der Waals surface area contributed by atoms with Crippen LogP contribution in [0, 0.1) is 0 Å². The van der Waals surface area contributed by atoms with Crippen molar-refractivity contribution in [2.24, 2.45) is 0 Å². The molecule has 0 N–H and O–H groups in total. The highest BCUT2D eigenvalue weighted by Gasteiger charge is 1.47. The molecule has 0 heterocycles. The van der Waals surface area contributed by atoms with E-state index in [0.29, 0.717) is 0 Å². The predicted molar refractivity (Wildman–Crippen MR) is 24.0 cm³/mol. The fraction of sp³-hybridized carbons (Fsp3) is 0.333. The molecule has 0 radical (unpaired) electrons. The van der Waals surface area contributed by atoms with Gasteiger partial charge < -0.3 is 17.0 Å². The van der Waals surface area contributed by atoms with Gasteiger partial charge in [0, 0.05) is 5.33 Å². The summed E-state index contributed by atoms with van der Waals surface area (Å²) in [4.78, 5) is 0. The standard InChI is InChI=1S/C3H5Br.BrH/c1-2-3-4;/h2H,1,3H2;1H/p-1. The van der Waals surface area contributed by atoms with Crippen LogP contribution in [0.3, 0.4) is 0 Å². The Morgan fingerprint density at radius 2 is 2.00 bits per heavy atom. The minimum atomic E-state index is 0. The van der Waals surface area contributed by atoms with E-state index < -0.39 is 0 Å². The van der Waals surface area contributed by atoms with Crippen molar-refractivity contribution in [2.75, 3.05) is 5.33 Å². The second kappa shape index (κ2) is 8.83. The Morgan fingerprint density at radius 3 is 2.00 bits per heavy atom. The zero-order valence-electron chi connectivity index (χ0n) is 2.75. The Hall–Kier alpha value is 0.700. The highest BCUT2D eigenvalue weighted by molar-refractivity contribution is 9.09. The normalized spacial score (nSPS) is 5.00. The third-order valence-corrected chi connectivity index (χ3v) is 0.567. The molecular formula is C3H5Br2-. The zero-order chi connectivity index (χ0) is 3.41. The quantitative estimate of drug-likeness (QED) is 0.360. The van der Waals surface area contributed by atoms with Gasteiger partial charge in [-0.05, 0) is 0 Å². The van der Waals surface area contributed by atoms with Crippen molar-refractivity contribution in [3.8, 4) is 0 Å². The van der Waals surface area contributed by atoms with Gasteiger partial charge in [0.2, 0.25) is 0 Å². The molecule has 0 bridgehead atoms. The molecule has 0 amide bonds. The molecule has 0 rings (SSSR count). The first kappa shape index (κ1) is 9.20. The van der Waals surface area contributed by atoms with Crippen molar-refractivity contribution in [2.45, 2.75) is 0 Å². The Balaban J connectivity index is 0.